The molecule has 0 bridgehead atoms. The first-order valence-corrected chi connectivity index (χ1v) is 9.34. The Balaban J connectivity index is 1.73. The standard InChI is InChI=1S/C21H26N4O3/c1-27-19-9-17(10-20(11-19)28-2)14-24-6-7-25(15-18(24)5-8-26)21-4-3-16(12-22)13-23-21/h3-4,9-11,13,18,26H,5-8,14-15H2,1-2H3/t18-/m0/s1. The maximum atomic E-state index is 9.55. The highest BCUT2D eigenvalue weighted by Crippen LogP contribution is 2.26. The van der Waals surface area contributed by atoms with Crippen LogP contribution in [0.4, 0.5) is 5.82 Å². The van der Waals surface area contributed by atoms with Crippen molar-refractivity contribution >= 4 is 5.82 Å². The van der Waals surface area contributed by atoms with E-state index in [1.165, 1.54) is 0 Å². The lowest BCUT2D eigenvalue weighted by Crippen LogP contribution is -2.53. The van der Waals surface area contributed by atoms with Gasteiger partial charge in [-0.1, -0.05) is 0 Å². The van der Waals surface area contributed by atoms with Gasteiger partial charge in [0.15, 0.2) is 0 Å². The minimum Gasteiger partial charge on any atom is -0.497 e. The van der Waals surface area contributed by atoms with Crippen molar-refractivity contribution in [1.29, 1.82) is 5.26 Å². The van der Waals surface area contributed by atoms with Gasteiger partial charge in [-0.3, -0.25) is 4.90 Å². The molecular weight excluding hydrogens is 356 g/mol. The fraction of sp³-hybridized carbons (Fsp3) is 0.429. The minimum absolute atomic E-state index is 0.136. The molecule has 1 saturated heterocycles. The van der Waals surface area contributed by atoms with Crippen LogP contribution in [-0.2, 0) is 6.54 Å². The SMILES string of the molecule is COc1cc(CN2CCN(c3ccc(C#N)cn3)C[C@@H]2CCO)cc(OC)c1. The van der Waals surface area contributed by atoms with Gasteiger partial charge in [0.25, 0.3) is 0 Å². The molecular formula is C21H26N4O3. The zero-order valence-corrected chi connectivity index (χ0v) is 16.3. The summed E-state index contributed by atoms with van der Waals surface area (Å²) in [5.74, 6) is 2.41. The molecule has 0 amide bonds. The van der Waals surface area contributed by atoms with Crippen LogP contribution in [0.2, 0.25) is 0 Å². The van der Waals surface area contributed by atoms with Crippen LogP contribution in [0.25, 0.3) is 0 Å². The summed E-state index contributed by atoms with van der Waals surface area (Å²) in [6.45, 7) is 3.36. The number of ether oxygens (including phenoxy) is 2. The molecule has 1 N–H and O–H groups in total. The molecule has 2 aromatic rings. The van der Waals surface area contributed by atoms with Crippen molar-refractivity contribution in [3.05, 3.63) is 47.7 Å². The van der Waals surface area contributed by atoms with E-state index in [4.69, 9.17) is 14.7 Å². The number of hydrogen-bond donors (Lipinski definition) is 1. The van der Waals surface area contributed by atoms with Crippen molar-refractivity contribution < 1.29 is 14.6 Å². The number of methoxy groups -OCH3 is 2. The highest BCUT2D eigenvalue weighted by molar-refractivity contribution is 5.43. The number of aromatic nitrogens is 1. The summed E-state index contributed by atoms with van der Waals surface area (Å²) in [6, 6.07) is 11.9. The van der Waals surface area contributed by atoms with Crippen LogP contribution in [0.3, 0.4) is 0 Å². The van der Waals surface area contributed by atoms with Gasteiger partial charge in [0.2, 0.25) is 0 Å². The quantitative estimate of drug-likeness (QED) is 0.785. The number of nitriles is 1. The maximum Gasteiger partial charge on any atom is 0.128 e. The second-order valence-corrected chi connectivity index (χ2v) is 6.82. The lowest BCUT2D eigenvalue weighted by molar-refractivity contribution is 0.135. The van der Waals surface area contributed by atoms with Crippen LogP contribution >= 0.6 is 0 Å². The van der Waals surface area contributed by atoms with Gasteiger partial charge in [-0.15, -0.1) is 0 Å². The number of piperazine rings is 1. The van der Waals surface area contributed by atoms with Crippen LogP contribution in [0.15, 0.2) is 36.5 Å². The molecule has 0 unspecified atom stereocenters. The van der Waals surface area contributed by atoms with E-state index in [1.807, 2.05) is 24.3 Å². The molecule has 1 aliphatic heterocycles. The molecule has 1 aromatic heterocycles. The van der Waals surface area contributed by atoms with E-state index in [0.717, 1.165) is 49.1 Å². The van der Waals surface area contributed by atoms with E-state index in [2.05, 4.69) is 20.9 Å². The summed E-state index contributed by atoms with van der Waals surface area (Å²) < 4.78 is 10.8. The third-order valence-corrected chi connectivity index (χ3v) is 5.06. The lowest BCUT2D eigenvalue weighted by atomic mass is 10.1. The van der Waals surface area contributed by atoms with Crippen molar-refractivity contribution in [2.45, 2.75) is 19.0 Å². The maximum absolute atomic E-state index is 9.55. The summed E-state index contributed by atoms with van der Waals surface area (Å²) in [7, 11) is 3.30. The number of rotatable bonds is 7. The summed E-state index contributed by atoms with van der Waals surface area (Å²) in [6.07, 6.45) is 2.29. The fourth-order valence-corrected chi connectivity index (χ4v) is 3.56. The lowest BCUT2D eigenvalue weighted by Gasteiger charge is -2.42. The predicted molar refractivity (Wildman–Crippen MR) is 107 cm³/mol. The Hall–Kier alpha value is -2.82. The number of aliphatic hydroxyl groups is 1. The summed E-state index contributed by atoms with van der Waals surface area (Å²) >= 11 is 0. The molecule has 0 aliphatic carbocycles. The Morgan fingerprint density at radius 1 is 1.18 bits per heavy atom. The monoisotopic (exact) mass is 382 g/mol. The van der Waals surface area contributed by atoms with E-state index in [-0.39, 0.29) is 12.6 Å². The average molecular weight is 382 g/mol. The Kier molecular flexibility index (Phi) is 6.69. The molecule has 3 rings (SSSR count). The molecule has 7 heteroatoms. The number of aliphatic hydroxyl groups excluding tert-OH is 1. The molecule has 0 spiro atoms. The van der Waals surface area contributed by atoms with Gasteiger partial charge in [0.05, 0.1) is 19.8 Å². The van der Waals surface area contributed by atoms with E-state index in [1.54, 1.807) is 26.5 Å². The van der Waals surface area contributed by atoms with Crippen molar-refractivity contribution in [2.24, 2.45) is 0 Å². The highest BCUT2D eigenvalue weighted by atomic mass is 16.5. The van der Waals surface area contributed by atoms with E-state index >= 15 is 0 Å². The van der Waals surface area contributed by atoms with Gasteiger partial charge in [-0.25, -0.2) is 4.98 Å². The number of benzene rings is 1. The summed E-state index contributed by atoms with van der Waals surface area (Å²) in [5.41, 5.74) is 1.67. The van der Waals surface area contributed by atoms with Gasteiger partial charge in [0, 0.05) is 51.1 Å². The first kappa shape index (κ1) is 19.9. The summed E-state index contributed by atoms with van der Waals surface area (Å²) in [4.78, 5) is 9.00. The molecule has 1 fully saturated rings. The van der Waals surface area contributed by atoms with Gasteiger partial charge < -0.3 is 19.5 Å². The van der Waals surface area contributed by atoms with Gasteiger partial charge >= 0.3 is 0 Å². The van der Waals surface area contributed by atoms with Crippen molar-refractivity contribution in [3.63, 3.8) is 0 Å². The molecule has 1 atom stereocenters. The molecule has 0 saturated carbocycles. The van der Waals surface area contributed by atoms with Gasteiger partial charge in [-0.05, 0) is 36.2 Å². The van der Waals surface area contributed by atoms with Crippen molar-refractivity contribution in [1.82, 2.24) is 9.88 Å². The zero-order chi connectivity index (χ0) is 19.9. The molecule has 1 aliphatic rings. The second-order valence-electron chi connectivity index (χ2n) is 6.82. The normalized spacial score (nSPS) is 17.2. The molecule has 7 nitrogen and oxygen atoms in total. The Morgan fingerprint density at radius 3 is 2.50 bits per heavy atom. The average Bonchev–Trinajstić information content (AvgIpc) is 2.75. The Morgan fingerprint density at radius 2 is 1.93 bits per heavy atom. The van der Waals surface area contributed by atoms with Crippen LogP contribution in [0.1, 0.15) is 17.5 Å². The van der Waals surface area contributed by atoms with Gasteiger partial charge in [-0.2, -0.15) is 5.26 Å². The number of pyridine rings is 1. The Bertz CT molecular complexity index is 797. The molecule has 2 heterocycles. The highest BCUT2D eigenvalue weighted by Gasteiger charge is 2.27. The van der Waals surface area contributed by atoms with Crippen molar-refractivity contribution in [2.75, 3.05) is 45.4 Å². The first-order valence-electron chi connectivity index (χ1n) is 9.34. The third kappa shape index (κ3) is 4.71. The van der Waals surface area contributed by atoms with E-state index in [9.17, 15) is 5.11 Å². The Labute approximate surface area is 165 Å². The van der Waals surface area contributed by atoms with E-state index in [0.29, 0.717) is 12.0 Å². The molecule has 148 valence electrons. The predicted octanol–water partition coefficient (Wildman–Crippen LogP) is 2.04. The van der Waals surface area contributed by atoms with E-state index < -0.39 is 0 Å². The van der Waals surface area contributed by atoms with Crippen molar-refractivity contribution in [3.8, 4) is 17.6 Å². The fourth-order valence-electron chi connectivity index (χ4n) is 3.56. The number of nitrogens with zero attached hydrogens (tertiary/aromatic N) is 4. The van der Waals surface area contributed by atoms with Gasteiger partial charge in [0.1, 0.15) is 23.4 Å². The van der Waals surface area contributed by atoms with Crippen LogP contribution < -0.4 is 14.4 Å². The zero-order valence-electron chi connectivity index (χ0n) is 16.3. The number of anilines is 1. The summed E-state index contributed by atoms with van der Waals surface area (Å²) in [5, 5.41) is 18.5. The smallest absolute Gasteiger partial charge is 0.128 e. The van der Waals surface area contributed by atoms with Crippen LogP contribution in [0, 0.1) is 11.3 Å². The number of hydrogen-bond acceptors (Lipinski definition) is 7. The van der Waals surface area contributed by atoms with Crippen LogP contribution in [-0.4, -0.2) is 61.5 Å². The second kappa shape index (κ2) is 9.40. The third-order valence-electron chi connectivity index (χ3n) is 5.06. The molecule has 28 heavy (non-hydrogen) atoms. The minimum atomic E-state index is 0.136. The first-order chi connectivity index (χ1) is 13.7. The van der Waals surface area contributed by atoms with Crippen LogP contribution in [0.5, 0.6) is 11.5 Å². The molecule has 0 radical (unpaired) electrons. The topological polar surface area (TPSA) is 81.9 Å². The largest absolute Gasteiger partial charge is 0.497 e. The molecule has 1 aromatic carbocycles.